The highest BCUT2D eigenvalue weighted by Gasteiger charge is 2.33. The van der Waals surface area contributed by atoms with Crippen LogP contribution in [0.3, 0.4) is 0 Å². The third-order valence-electron chi connectivity index (χ3n) is 6.40. The standard InChI is InChI=1S/C24H29ClF2N2O3S/c25-24-19(16-29-8-1-2-9-29)4-3-5-22(24)32-21-11-18(12-21)15-28-33(30,31)23-7-6-17(13-26)10-20(23)14-27/h3-7,10,18,21,28H,1-2,8-9,11-16H2. The number of nitrogens with zero attached hydrogens (tertiary/aromatic N) is 1. The lowest BCUT2D eigenvalue weighted by Gasteiger charge is -2.35. The highest BCUT2D eigenvalue weighted by Crippen LogP contribution is 2.36. The van der Waals surface area contributed by atoms with Gasteiger partial charge in [-0.1, -0.05) is 29.8 Å². The topological polar surface area (TPSA) is 58.6 Å². The SMILES string of the molecule is O=S(=O)(NCC1CC(Oc2cccc(CN3CCCC3)c2Cl)C1)c1ccc(CF)cc1CF. The Hall–Kier alpha value is -1.74. The van der Waals surface area contributed by atoms with E-state index < -0.39 is 23.4 Å². The monoisotopic (exact) mass is 498 g/mol. The van der Waals surface area contributed by atoms with Crippen molar-refractivity contribution < 1.29 is 21.9 Å². The van der Waals surface area contributed by atoms with E-state index in [0.717, 1.165) is 25.2 Å². The Bertz CT molecular complexity index is 1070. The van der Waals surface area contributed by atoms with Crippen molar-refractivity contribution in [2.24, 2.45) is 5.92 Å². The molecular formula is C24H29ClF2N2O3S. The second-order valence-electron chi connectivity index (χ2n) is 8.85. The molecule has 0 aromatic heterocycles. The predicted molar refractivity (Wildman–Crippen MR) is 124 cm³/mol. The van der Waals surface area contributed by atoms with E-state index in [-0.39, 0.29) is 34.6 Å². The molecule has 0 spiro atoms. The van der Waals surface area contributed by atoms with Crippen LogP contribution in [-0.2, 0) is 29.9 Å². The first-order chi connectivity index (χ1) is 15.9. The van der Waals surface area contributed by atoms with E-state index in [1.54, 1.807) is 0 Å². The number of sulfonamides is 1. The Morgan fingerprint density at radius 2 is 1.82 bits per heavy atom. The number of hydrogen-bond acceptors (Lipinski definition) is 4. The number of hydrogen-bond donors (Lipinski definition) is 1. The predicted octanol–water partition coefficient (Wildman–Crippen LogP) is 5.01. The lowest BCUT2D eigenvalue weighted by Crippen LogP contribution is -2.41. The van der Waals surface area contributed by atoms with Crippen LogP contribution >= 0.6 is 11.6 Å². The molecule has 2 aromatic rings. The molecule has 2 aliphatic rings. The van der Waals surface area contributed by atoms with Crippen LogP contribution in [0.15, 0.2) is 41.3 Å². The molecule has 5 nitrogen and oxygen atoms in total. The van der Waals surface area contributed by atoms with Gasteiger partial charge in [0.1, 0.15) is 19.1 Å². The second kappa shape index (κ2) is 10.7. The quantitative estimate of drug-likeness (QED) is 0.500. The summed E-state index contributed by atoms with van der Waals surface area (Å²) in [6.07, 6.45) is 3.82. The molecule has 0 amide bonds. The van der Waals surface area contributed by atoms with E-state index in [1.165, 1.54) is 31.0 Å². The largest absolute Gasteiger partial charge is 0.489 e. The molecule has 33 heavy (non-hydrogen) atoms. The Morgan fingerprint density at radius 3 is 2.52 bits per heavy atom. The van der Waals surface area contributed by atoms with Crippen molar-refractivity contribution in [2.75, 3.05) is 19.6 Å². The second-order valence-corrected chi connectivity index (χ2v) is 11.0. The fourth-order valence-corrected chi connectivity index (χ4v) is 6.00. The van der Waals surface area contributed by atoms with E-state index in [2.05, 4.69) is 9.62 Å². The van der Waals surface area contributed by atoms with Crippen LogP contribution < -0.4 is 9.46 Å². The minimum absolute atomic E-state index is 0.0238. The summed E-state index contributed by atoms with van der Waals surface area (Å²) >= 11 is 6.59. The van der Waals surface area contributed by atoms with Gasteiger partial charge in [-0.25, -0.2) is 21.9 Å². The maximum Gasteiger partial charge on any atom is 0.240 e. The molecular weight excluding hydrogens is 470 g/mol. The molecule has 2 aromatic carbocycles. The third kappa shape index (κ3) is 5.85. The zero-order valence-electron chi connectivity index (χ0n) is 18.4. The molecule has 0 radical (unpaired) electrons. The molecule has 2 fully saturated rings. The summed E-state index contributed by atoms with van der Waals surface area (Å²) in [7, 11) is -3.88. The Balaban J connectivity index is 1.29. The molecule has 1 saturated heterocycles. The van der Waals surface area contributed by atoms with Crippen LogP contribution in [0.25, 0.3) is 0 Å². The molecule has 1 aliphatic carbocycles. The van der Waals surface area contributed by atoms with Crippen LogP contribution in [0.4, 0.5) is 8.78 Å². The minimum Gasteiger partial charge on any atom is -0.489 e. The normalized spacial score (nSPS) is 21.2. The summed E-state index contributed by atoms with van der Waals surface area (Å²) in [5.74, 6) is 0.785. The van der Waals surface area contributed by atoms with Crippen molar-refractivity contribution in [1.82, 2.24) is 9.62 Å². The first-order valence-corrected chi connectivity index (χ1v) is 13.2. The first-order valence-electron chi connectivity index (χ1n) is 11.3. The van der Waals surface area contributed by atoms with E-state index in [1.807, 2.05) is 18.2 Å². The fourth-order valence-electron chi connectivity index (χ4n) is 4.46. The first kappa shape index (κ1) is 24.4. The van der Waals surface area contributed by atoms with Gasteiger partial charge in [0.25, 0.3) is 0 Å². The molecule has 180 valence electrons. The number of nitrogens with one attached hydrogen (secondary N) is 1. The summed E-state index contributed by atoms with van der Waals surface area (Å²) in [4.78, 5) is 2.24. The summed E-state index contributed by atoms with van der Waals surface area (Å²) in [6.45, 7) is 1.50. The van der Waals surface area contributed by atoms with Gasteiger partial charge in [0, 0.05) is 18.7 Å². The molecule has 9 heteroatoms. The molecule has 1 saturated carbocycles. The maximum atomic E-state index is 13.3. The van der Waals surface area contributed by atoms with Crippen molar-refractivity contribution in [2.45, 2.75) is 56.6 Å². The van der Waals surface area contributed by atoms with Gasteiger partial charge in [0.05, 0.1) is 16.0 Å². The van der Waals surface area contributed by atoms with Gasteiger partial charge in [-0.05, 0) is 74.0 Å². The van der Waals surface area contributed by atoms with Crippen molar-refractivity contribution in [3.63, 3.8) is 0 Å². The summed E-state index contributed by atoms with van der Waals surface area (Å²) < 4.78 is 60.0. The number of likely N-dealkylation sites (tertiary alicyclic amines) is 1. The summed E-state index contributed by atoms with van der Waals surface area (Å²) in [5, 5.41) is 0.643. The third-order valence-corrected chi connectivity index (χ3v) is 8.35. The molecule has 4 rings (SSSR count). The minimum atomic E-state index is -3.88. The fraction of sp³-hybridized carbons (Fsp3) is 0.500. The van der Waals surface area contributed by atoms with Gasteiger partial charge in [0.2, 0.25) is 10.0 Å². The van der Waals surface area contributed by atoms with Crippen LogP contribution in [-0.4, -0.2) is 39.1 Å². The van der Waals surface area contributed by atoms with E-state index >= 15 is 0 Å². The van der Waals surface area contributed by atoms with Gasteiger partial charge in [-0.2, -0.15) is 0 Å². The number of rotatable bonds is 10. The number of benzene rings is 2. The highest BCUT2D eigenvalue weighted by molar-refractivity contribution is 7.89. The molecule has 0 unspecified atom stereocenters. The van der Waals surface area contributed by atoms with Crippen molar-refractivity contribution in [3.8, 4) is 5.75 Å². The van der Waals surface area contributed by atoms with Crippen LogP contribution in [0.2, 0.25) is 5.02 Å². The number of halogens is 3. The Labute approximate surface area is 199 Å². The van der Waals surface area contributed by atoms with Crippen molar-refractivity contribution >= 4 is 21.6 Å². The molecule has 0 atom stereocenters. The van der Waals surface area contributed by atoms with Gasteiger partial charge < -0.3 is 4.74 Å². The van der Waals surface area contributed by atoms with Crippen molar-refractivity contribution in [1.29, 1.82) is 0 Å². The molecule has 1 heterocycles. The van der Waals surface area contributed by atoms with E-state index in [0.29, 0.717) is 23.6 Å². The van der Waals surface area contributed by atoms with Crippen LogP contribution in [0.1, 0.15) is 42.4 Å². The number of ether oxygens (including phenoxy) is 1. The Kier molecular flexibility index (Phi) is 7.89. The zero-order chi connectivity index (χ0) is 23.4. The molecule has 0 bridgehead atoms. The maximum absolute atomic E-state index is 13.3. The van der Waals surface area contributed by atoms with Crippen LogP contribution in [0.5, 0.6) is 5.75 Å². The van der Waals surface area contributed by atoms with Crippen molar-refractivity contribution in [3.05, 3.63) is 58.1 Å². The lowest BCUT2D eigenvalue weighted by molar-refractivity contribution is 0.0673. The molecule has 1 N–H and O–H groups in total. The smallest absolute Gasteiger partial charge is 0.240 e. The molecule has 1 aliphatic heterocycles. The van der Waals surface area contributed by atoms with E-state index in [4.69, 9.17) is 16.3 Å². The average molecular weight is 499 g/mol. The van der Waals surface area contributed by atoms with Gasteiger partial charge in [0.15, 0.2) is 0 Å². The Morgan fingerprint density at radius 1 is 1.06 bits per heavy atom. The summed E-state index contributed by atoms with van der Waals surface area (Å²) in [6, 6.07) is 9.72. The van der Waals surface area contributed by atoms with E-state index in [9.17, 15) is 17.2 Å². The van der Waals surface area contributed by atoms with Gasteiger partial charge >= 0.3 is 0 Å². The number of alkyl halides is 2. The highest BCUT2D eigenvalue weighted by atomic mass is 35.5. The zero-order valence-corrected chi connectivity index (χ0v) is 20.0. The van der Waals surface area contributed by atoms with Gasteiger partial charge in [-0.15, -0.1) is 0 Å². The van der Waals surface area contributed by atoms with Gasteiger partial charge in [-0.3, -0.25) is 4.90 Å². The average Bonchev–Trinajstić information content (AvgIpc) is 3.30. The lowest BCUT2D eigenvalue weighted by atomic mass is 9.82. The summed E-state index contributed by atoms with van der Waals surface area (Å²) in [5.41, 5.74) is 1.28. The van der Waals surface area contributed by atoms with Crippen LogP contribution in [0, 0.1) is 5.92 Å².